The van der Waals surface area contributed by atoms with E-state index in [4.69, 9.17) is 14.2 Å². The lowest BCUT2D eigenvalue weighted by Crippen LogP contribution is -2.22. The number of fused-ring (bicyclic) bond motifs is 1. The maximum absolute atomic E-state index is 9.58. The molecule has 0 fully saturated rings. The molecule has 0 saturated heterocycles. The summed E-state index contributed by atoms with van der Waals surface area (Å²) in [6.45, 7) is 4.74. The van der Waals surface area contributed by atoms with Crippen LogP contribution >= 0.6 is 0 Å². The number of rotatable bonds is 6. The van der Waals surface area contributed by atoms with Crippen LogP contribution in [0.25, 0.3) is 10.9 Å². The van der Waals surface area contributed by atoms with Gasteiger partial charge in [0.15, 0.2) is 11.5 Å². The third-order valence-electron chi connectivity index (χ3n) is 3.88. The molecule has 0 atom stereocenters. The first-order valence-corrected chi connectivity index (χ1v) is 7.43. The number of hydrogen-bond donors (Lipinski definition) is 1. The molecule has 1 heterocycles. The van der Waals surface area contributed by atoms with E-state index in [2.05, 4.69) is 25.2 Å². The van der Waals surface area contributed by atoms with Crippen molar-refractivity contribution in [3.63, 3.8) is 0 Å². The second-order valence-corrected chi connectivity index (χ2v) is 5.58. The monoisotopic (exact) mass is 317 g/mol. The van der Waals surface area contributed by atoms with Gasteiger partial charge in [0, 0.05) is 30.6 Å². The normalized spacial score (nSPS) is 10.9. The van der Waals surface area contributed by atoms with Crippen molar-refractivity contribution in [1.29, 1.82) is 5.26 Å². The van der Waals surface area contributed by atoms with E-state index in [-0.39, 0.29) is 0 Å². The molecule has 23 heavy (non-hydrogen) atoms. The molecule has 2 rings (SSSR count). The number of hydrogen-bond acceptors (Lipinski definition) is 5. The summed E-state index contributed by atoms with van der Waals surface area (Å²) < 4.78 is 18.3. The zero-order chi connectivity index (χ0) is 17.1. The van der Waals surface area contributed by atoms with Crippen LogP contribution < -0.4 is 19.5 Å². The zero-order valence-corrected chi connectivity index (χ0v) is 14.5. The van der Waals surface area contributed by atoms with Gasteiger partial charge < -0.3 is 24.1 Å². The van der Waals surface area contributed by atoms with Gasteiger partial charge in [-0.3, -0.25) is 0 Å². The van der Waals surface area contributed by atoms with Gasteiger partial charge in [-0.05, 0) is 6.07 Å². The smallest absolute Gasteiger partial charge is 0.205 e. The highest BCUT2D eigenvalue weighted by Gasteiger charge is 2.24. The van der Waals surface area contributed by atoms with Crippen LogP contribution in [-0.4, -0.2) is 31.9 Å². The Balaban J connectivity index is 2.83. The van der Waals surface area contributed by atoms with Crippen molar-refractivity contribution < 1.29 is 14.2 Å². The van der Waals surface area contributed by atoms with Crippen LogP contribution in [0.1, 0.15) is 25.1 Å². The molecule has 0 bridgehead atoms. The molecule has 1 N–H and O–H groups in total. The largest absolute Gasteiger partial charge is 0.493 e. The van der Waals surface area contributed by atoms with Gasteiger partial charge >= 0.3 is 0 Å². The molecule has 0 radical (unpaired) electrons. The Morgan fingerprint density at radius 1 is 1.17 bits per heavy atom. The second kappa shape index (κ2) is 6.80. The number of benzene rings is 1. The Hall–Kier alpha value is -2.39. The summed E-state index contributed by atoms with van der Waals surface area (Å²) in [5, 5.41) is 13.9. The predicted octanol–water partition coefficient (Wildman–Crippen LogP) is 2.57. The SMILES string of the molecule is COc1cc2c(CNC(C)C)c(C#N)n(C)c2c(OC)c1OC. The molecule has 1 aromatic heterocycles. The molecule has 0 aliphatic carbocycles. The van der Waals surface area contributed by atoms with E-state index < -0.39 is 0 Å². The Morgan fingerprint density at radius 2 is 1.83 bits per heavy atom. The molecular weight excluding hydrogens is 294 g/mol. The topological polar surface area (TPSA) is 68.4 Å². The van der Waals surface area contributed by atoms with Crippen LogP contribution in [0.15, 0.2) is 6.07 Å². The molecule has 6 heteroatoms. The van der Waals surface area contributed by atoms with E-state index in [1.165, 1.54) is 0 Å². The molecule has 0 aliphatic rings. The summed E-state index contributed by atoms with van der Waals surface area (Å²) >= 11 is 0. The van der Waals surface area contributed by atoms with Gasteiger partial charge in [-0.2, -0.15) is 5.26 Å². The number of nitrogens with one attached hydrogen (secondary N) is 1. The van der Waals surface area contributed by atoms with Crippen molar-refractivity contribution in [2.75, 3.05) is 21.3 Å². The first-order chi connectivity index (χ1) is 11.0. The Bertz CT molecular complexity index is 757. The number of methoxy groups -OCH3 is 3. The highest BCUT2D eigenvalue weighted by molar-refractivity contribution is 5.95. The summed E-state index contributed by atoms with van der Waals surface area (Å²) in [4.78, 5) is 0. The first kappa shape index (κ1) is 17.0. The molecule has 124 valence electrons. The average molecular weight is 317 g/mol. The maximum Gasteiger partial charge on any atom is 0.205 e. The van der Waals surface area contributed by atoms with Crippen molar-refractivity contribution in [2.24, 2.45) is 7.05 Å². The molecule has 1 aromatic carbocycles. The third kappa shape index (κ3) is 2.80. The highest BCUT2D eigenvalue weighted by atomic mass is 16.5. The van der Waals surface area contributed by atoms with Crippen molar-refractivity contribution in [1.82, 2.24) is 9.88 Å². The first-order valence-electron chi connectivity index (χ1n) is 7.43. The van der Waals surface area contributed by atoms with E-state index in [0.717, 1.165) is 16.5 Å². The molecule has 2 aromatic rings. The minimum Gasteiger partial charge on any atom is -0.493 e. The quantitative estimate of drug-likeness (QED) is 0.887. The summed E-state index contributed by atoms with van der Waals surface area (Å²) in [5.74, 6) is 1.67. The lowest BCUT2D eigenvalue weighted by molar-refractivity contribution is 0.326. The zero-order valence-electron chi connectivity index (χ0n) is 14.5. The Kier molecular flexibility index (Phi) is 5.02. The Morgan fingerprint density at radius 3 is 2.30 bits per heavy atom. The number of aromatic nitrogens is 1. The number of nitrogens with zero attached hydrogens (tertiary/aromatic N) is 2. The van der Waals surface area contributed by atoms with Crippen LogP contribution in [0.3, 0.4) is 0 Å². The van der Waals surface area contributed by atoms with Gasteiger partial charge in [-0.25, -0.2) is 0 Å². The van der Waals surface area contributed by atoms with Crippen molar-refractivity contribution >= 4 is 10.9 Å². The predicted molar refractivity (Wildman–Crippen MR) is 89.3 cm³/mol. The summed E-state index contributed by atoms with van der Waals surface area (Å²) in [5.41, 5.74) is 2.35. The van der Waals surface area contributed by atoms with E-state index >= 15 is 0 Å². The molecular formula is C17H23N3O3. The number of ether oxygens (including phenoxy) is 3. The highest BCUT2D eigenvalue weighted by Crippen LogP contribution is 2.45. The van der Waals surface area contributed by atoms with E-state index in [0.29, 0.717) is 35.5 Å². The summed E-state index contributed by atoms with van der Waals surface area (Å²) in [6, 6.07) is 4.51. The standard InChI is InChI=1S/C17H23N3O3/c1-10(2)19-9-12-11-7-14(21-4)16(22-5)17(23-6)15(11)20(3)13(12)8-18/h7,10,19H,9H2,1-6H3. The minimum atomic E-state index is 0.318. The van der Waals surface area contributed by atoms with Gasteiger partial charge in [-0.1, -0.05) is 13.8 Å². The van der Waals surface area contributed by atoms with Crippen LogP contribution in [-0.2, 0) is 13.6 Å². The molecule has 0 aliphatic heterocycles. The Labute approximate surface area is 136 Å². The van der Waals surface area contributed by atoms with Crippen LogP contribution in [0.5, 0.6) is 17.2 Å². The van der Waals surface area contributed by atoms with E-state index in [1.54, 1.807) is 21.3 Å². The minimum absolute atomic E-state index is 0.318. The maximum atomic E-state index is 9.58. The lowest BCUT2D eigenvalue weighted by atomic mass is 10.1. The van der Waals surface area contributed by atoms with E-state index in [1.807, 2.05) is 17.7 Å². The molecule has 6 nitrogen and oxygen atoms in total. The molecule has 0 unspecified atom stereocenters. The van der Waals surface area contributed by atoms with Crippen LogP contribution in [0.4, 0.5) is 0 Å². The van der Waals surface area contributed by atoms with Crippen molar-refractivity contribution in [3.8, 4) is 23.3 Å². The summed E-state index contributed by atoms with van der Waals surface area (Å²) in [6.07, 6.45) is 0. The molecule has 0 amide bonds. The fourth-order valence-electron chi connectivity index (χ4n) is 2.77. The number of nitriles is 1. The fourth-order valence-corrected chi connectivity index (χ4v) is 2.77. The summed E-state index contributed by atoms with van der Waals surface area (Å²) in [7, 11) is 6.60. The fraction of sp³-hybridized carbons (Fsp3) is 0.471. The lowest BCUT2D eigenvalue weighted by Gasteiger charge is -2.14. The van der Waals surface area contributed by atoms with Crippen molar-refractivity contribution in [2.45, 2.75) is 26.4 Å². The van der Waals surface area contributed by atoms with E-state index in [9.17, 15) is 5.26 Å². The van der Waals surface area contributed by atoms with Crippen molar-refractivity contribution in [3.05, 3.63) is 17.3 Å². The second-order valence-electron chi connectivity index (χ2n) is 5.58. The number of aryl methyl sites for hydroxylation is 1. The van der Waals surface area contributed by atoms with Gasteiger partial charge in [0.2, 0.25) is 5.75 Å². The van der Waals surface area contributed by atoms with Crippen LogP contribution in [0, 0.1) is 11.3 Å². The molecule has 0 spiro atoms. The van der Waals surface area contributed by atoms with Gasteiger partial charge in [0.1, 0.15) is 11.8 Å². The van der Waals surface area contributed by atoms with Gasteiger partial charge in [0.05, 0.1) is 26.8 Å². The molecule has 0 saturated carbocycles. The van der Waals surface area contributed by atoms with Gasteiger partial charge in [0.25, 0.3) is 0 Å². The average Bonchev–Trinajstić information content (AvgIpc) is 2.82. The van der Waals surface area contributed by atoms with Crippen LogP contribution in [0.2, 0.25) is 0 Å². The third-order valence-corrected chi connectivity index (χ3v) is 3.88. The van der Waals surface area contributed by atoms with Gasteiger partial charge in [-0.15, -0.1) is 0 Å².